The molecule has 1 aliphatic rings. The monoisotopic (exact) mass is 321 g/mol. The summed E-state index contributed by atoms with van der Waals surface area (Å²) in [5, 5.41) is 0.643. The minimum absolute atomic E-state index is 0.202. The van der Waals surface area contributed by atoms with Gasteiger partial charge < -0.3 is 14.5 Å². The van der Waals surface area contributed by atoms with Crippen LogP contribution in [0.2, 0.25) is 0 Å². The van der Waals surface area contributed by atoms with Crippen molar-refractivity contribution < 1.29 is 19.1 Å². The predicted molar refractivity (Wildman–Crippen MR) is 89.4 cm³/mol. The van der Waals surface area contributed by atoms with Crippen LogP contribution in [-0.2, 0) is 0 Å². The molecule has 0 saturated carbocycles. The molecular formula is C19H15NO4. The first-order valence-corrected chi connectivity index (χ1v) is 7.53. The van der Waals surface area contributed by atoms with Crippen molar-refractivity contribution in [3.05, 3.63) is 58.3 Å². The van der Waals surface area contributed by atoms with E-state index in [1.54, 1.807) is 25.3 Å². The van der Waals surface area contributed by atoms with Gasteiger partial charge in [-0.3, -0.25) is 9.59 Å². The summed E-state index contributed by atoms with van der Waals surface area (Å²) in [6.45, 7) is 1.93. The highest BCUT2D eigenvalue weighted by Crippen LogP contribution is 2.40. The number of aromatic amines is 1. The quantitative estimate of drug-likeness (QED) is 0.615. The number of carbonyl (C=O) groups excluding carboxylic acids is 2. The Balaban J connectivity index is 2.10. The number of methoxy groups -OCH3 is 2. The lowest BCUT2D eigenvalue weighted by Crippen LogP contribution is -2.21. The zero-order chi connectivity index (χ0) is 17.0. The summed E-state index contributed by atoms with van der Waals surface area (Å²) in [6.07, 6.45) is 0. The topological polar surface area (TPSA) is 68.4 Å². The number of hydrogen-bond donors (Lipinski definition) is 1. The molecule has 1 aromatic heterocycles. The Morgan fingerprint density at radius 1 is 0.917 bits per heavy atom. The molecule has 3 aromatic rings. The summed E-state index contributed by atoms with van der Waals surface area (Å²) in [7, 11) is 3.04. The van der Waals surface area contributed by atoms with E-state index in [1.165, 1.54) is 7.11 Å². The largest absolute Gasteiger partial charge is 0.496 e. The van der Waals surface area contributed by atoms with Crippen molar-refractivity contribution >= 4 is 22.5 Å². The van der Waals surface area contributed by atoms with Gasteiger partial charge >= 0.3 is 0 Å². The van der Waals surface area contributed by atoms with E-state index in [9.17, 15) is 9.59 Å². The molecule has 1 aliphatic carbocycles. The third kappa shape index (κ3) is 1.75. The predicted octanol–water partition coefficient (Wildman–Crippen LogP) is 3.27. The molecule has 4 rings (SSSR count). The van der Waals surface area contributed by atoms with E-state index >= 15 is 0 Å². The molecule has 1 heterocycles. The van der Waals surface area contributed by atoms with Gasteiger partial charge in [-0.25, -0.2) is 0 Å². The molecule has 0 spiro atoms. The Morgan fingerprint density at radius 3 is 2.38 bits per heavy atom. The lowest BCUT2D eigenvalue weighted by atomic mass is 9.86. The van der Waals surface area contributed by atoms with Gasteiger partial charge in [-0.1, -0.05) is 12.1 Å². The normalized spacial score (nSPS) is 13.0. The smallest absolute Gasteiger partial charge is 0.214 e. The molecule has 0 saturated heterocycles. The van der Waals surface area contributed by atoms with Gasteiger partial charge in [0.05, 0.1) is 41.9 Å². The van der Waals surface area contributed by atoms with Crippen molar-refractivity contribution in [2.24, 2.45) is 0 Å². The number of benzene rings is 2. The van der Waals surface area contributed by atoms with Crippen LogP contribution in [0.15, 0.2) is 30.3 Å². The number of nitrogens with one attached hydrogen (secondary N) is 1. The number of rotatable bonds is 2. The van der Waals surface area contributed by atoms with Gasteiger partial charge in [0.25, 0.3) is 0 Å². The summed E-state index contributed by atoms with van der Waals surface area (Å²) in [6, 6.07) is 8.81. The second-order valence-electron chi connectivity index (χ2n) is 5.81. The average molecular weight is 321 g/mol. The van der Waals surface area contributed by atoms with Crippen molar-refractivity contribution in [3.63, 3.8) is 0 Å². The summed E-state index contributed by atoms with van der Waals surface area (Å²) in [4.78, 5) is 29.1. The van der Waals surface area contributed by atoms with E-state index in [1.807, 2.05) is 19.1 Å². The van der Waals surface area contributed by atoms with Crippen LogP contribution in [0.3, 0.4) is 0 Å². The van der Waals surface area contributed by atoms with Crippen molar-refractivity contribution in [3.8, 4) is 11.5 Å². The highest BCUT2D eigenvalue weighted by molar-refractivity contribution is 6.33. The molecule has 5 heteroatoms. The maximum atomic E-state index is 13.1. The van der Waals surface area contributed by atoms with Gasteiger partial charge in [0.2, 0.25) is 5.78 Å². The van der Waals surface area contributed by atoms with Crippen LogP contribution in [0.5, 0.6) is 11.5 Å². The first-order valence-electron chi connectivity index (χ1n) is 7.53. The summed E-state index contributed by atoms with van der Waals surface area (Å²) in [5.41, 5.74) is 3.01. The number of fused-ring (bicyclic) bond motifs is 4. The molecule has 0 atom stereocenters. The van der Waals surface area contributed by atoms with Crippen molar-refractivity contribution in [2.45, 2.75) is 6.92 Å². The van der Waals surface area contributed by atoms with E-state index in [0.717, 1.165) is 5.56 Å². The first kappa shape index (κ1) is 14.5. The van der Waals surface area contributed by atoms with E-state index in [-0.39, 0.29) is 17.3 Å². The van der Waals surface area contributed by atoms with Crippen LogP contribution in [0.25, 0.3) is 10.9 Å². The molecule has 0 fully saturated rings. The fraction of sp³-hybridized carbons (Fsp3) is 0.158. The molecule has 0 amide bonds. The van der Waals surface area contributed by atoms with Gasteiger partial charge in [-0.15, -0.1) is 0 Å². The van der Waals surface area contributed by atoms with E-state index in [4.69, 9.17) is 9.47 Å². The number of H-pyrrole nitrogens is 1. The molecule has 2 aromatic carbocycles. The highest BCUT2D eigenvalue weighted by Gasteiger charge is 2.36. The van der Waals surface area contributed by atoms with Gasteiger partial charge in [-0.2, -0.15) is 0 Å². The third-order valence-corrected chi connectivity index (χ3v) is 4.40. The lowest BCUT2D eigenvalue weighted by molar-refractivity contribution is 0.0975. The highest BCUT2D eigenvalue weighted by atomic mass is 16.5. The lowest BCUT2D eigenvalue weighted by Gasteiger charge is -2.17. The van der Waals surface area contributed by atoms with Crippen molar-refractivity contribution in [1.82, 2.24) is 4.98 Å². The first-order chi connectivity index (χ1) is 11.6. The fourth-order valence-corrected chi connectivity index (χ4v) is 3.37. The van der Waals surface area contributed by atoms with Gasteiger partial charge in [-0.05, 0) is 30.7 Å². The third-order valence-electron chi connectivity index (χ3n) is 4.40. The molecular weight excluding hydrogens is 306 g/mol. The van der Waals surface area contributed by atoms with Crippen LogP contribution >= 0.6 is 0 Å². The fourth-order valence-electron chi connectivity index (χ4n) is 3.37. The number of hydrogen-bond acceptors (Lipinski definition) is 4. The molecule has 120 valence electrons. The van der Waals surface area contributed by atoms with Gasteiger partial charge in [0.1, 0.15) is 11.5 Å². The zero-order valence-electron chi connectivity index (χ0n) is 13.5. The molecule has 5 nitrogen and oxygen atoms in total. The van der Waals surface area contributed by atoms with E-state index in [2.05, 4.69) is 4.98 Å². The van der Waals surface area contributed by atoms with Crippen LogP contribution in [-0.4, -0.2) is 30.8 Å². The number of aryl methyl sites for hydroxylation is 1. The number of ketones is 2. The molecule has 0 radical (unpaired) electrons. The van der Waals surface area contributed by atoms with Crippen molar-refractivity contribution in [1.29, 1.82) is 0 Å². The van der Waals surface area contributed by atoms with Crippen LogP contribution in [0.4, 0.5) is 0 Å². The Hall–Kier alpha value is -3.08. The van der Waals surface area contributed by atoms with Crippen molar-refractivity contribution in [2.75, 3.05) is 14.2 Å². The maximum Gasteiger partial charge on any atom is 0.214 e. The Bertz CT molecular complexity index is 1030. The number of carbonyl (C=O) groups is 2. The van der Waals surface area contributed by atoms with Crippen LogP contribution < -0.4 is 9.47 Å². The van der Waals surface area contributed by atoms with E-state index in [0.29, 0.717) is 39.1 Å². The maximum absolute atomic E-state index is 13.1. The zero-order valence-corrected chi connectivity index (χ0v) is 13.5. The molecule has 24 heavy (non-hydrogen) atoms. The SMILES string of the molecule is COc1cccc2c1C(=O)c1[nH]c3cc(C)cc(OC)c3c1C2=O. The number of aromatic nitrogens is 1. The molecule has 0 bridgehead atoms. The summed E-state index contributed by atoms with van der Waals surface area (Å²) < 4.78 is 10.7. The minimum Gasteiger partial charge on any atom is -0.496 e. The molecule has 0 unspecified atom stereocenters. The second-order valence-corrected chi connectivity index (χ2v) is 5.81. The summed E-state index contributed by atoms with van der Waals surface area (Å²) >= 11 is 0. The second kappa shape index (κ2) is 4.96. The Labute approximate surface area is 138 Å². The van der Waals surface area contributed by atoms with Gasteiger partial charge in [0.15, 0.2) is 5.78 Å². The van der Waals surface area contributed by atoms with Crippen LogP contribution in [0, 0.1) is 6.92 Å². The van der Waals surface area contributed by atoms with Crippen LogP contribution in [0.1, 0.15) is 37.5 Å². The molecule has 1 N–H and O–H groups in total. The Kier molecular flexibility index (Phi) is 3.00. The van der Waals surface area contributed by atoms with Gasteiger partial charge in [0, 0.05) is 5.56 Å². The average Bonchev–Trinajstić information content (AvgIpc) is 2.97. The minimum atomic E-state index is -0.243. The summed E-state index contributed by atoms with van der Waals surface area (Å²) in [5.74, 6) is 0.535. The number of ether oxygens (including phenoxy) is 2. The van der Waals surface area contributed by atoms with E-state index < -0.39 is 0 Å². The standard InChI is InChI=1S/C19H15NO4/c1-9-7-11-15(13(8-9)24-3)16-17(20-11)19(22)14-10(18(16)21)5-4-6-12(14)23-2/h4-8,20H,1-3H3. The Morgan fingerprint density at radius 2 is 1.67 bits per heavy atom. The molecule has 0 aliphatic heterocycles.